The zero-order chi connectivity index (χ0) is 13.1. The second-order valence-corrected chi connectivity index (χ2v) is 4.46. The normalized spacial score (nSPS) is 10.2. The number of carbonyl (C=O) groups excluding carboxylic acids is 1. The number of aryl methyl sites for hydroxylation is 1. The van der Waals surface area contributed by atoms with Crippen LogP contribution in [0.3, 0.4) is 0 Å². The number of benzene rings is 1. The number of carbonyl (C=O) groups is 1. The highest BCUT2D eigenvalue weighted by molar-refractivity contribution is 6.29. The zero-order valence-corrected chi connectivity index (χ0v) is 11.0. The van der Waals surface area contributed by atoms with Gasteiger partial charge in [0.15, 0.2) is 0 Å². The van der Waals surface area contributed by atoms with Gasteiger partial charge in [-0.2, -0.15) is 0 Å². The van der Waals surface area contributed by atoms with Crippen LogP contribution in [0.5, 0.6) is 0 Å². The number of aromatic nitrogens is 1. The van der Waals surface area contributed by atoms with Gasteiger partial charge in [0.25, 0.3) is 5.91 Å². The minimum absolute atomic E-state index is 0.140. The van der Waals surface area contributed by atoms with E-state index in [4.69, 9.17) is 11.6 Å². The van der Waals surface area contributed by atoms with Crippen molar-refractivity contribution in [3.05, 3.63) is 58.4 Å². The zero-order valence-electron chi connectivity index (χ0n) is 10.2. The topological polar surface area (TPSA) is 42.0 Å². The highest BCUT2D eigenvalue weighted by Crippen LogP contribution is 2.16. The fraction of sp³-hybridized carbons (Fsp3) is 0.143. The molecule has 4 heteroatoms. The second-order valence-electron chi connectivity index (χ2n) is 4.07. The molecule has 0 saturated heterocycles. The third-order valence-electron chi connectivity index (χ3n) is 2.83. The van der Waals surface area contributed by atoms with Gasteiger partial charge in [0.1, 0.15) is 5.15 Å². The Balaban J connectivity index is 2.25. The van der Waals surface area contributed by atoms with E-state index in [1.165, 1.54) is 0 Å². The predicted molar refractivity (Wildman–Crippen MR) is 73.1 cm³/mol. The standard InChI is InChI=1S/C14H13ClN2O/c1-9-4-3-5-12(10(9)2)14(18)17-11-6-7-16-13(15)8-11/h3-8H,1-2H3,(H,16,17,18). The predicted octanol–water partition coefficient (Wildman–Crippen LogP) is 3.60. The molecule has 1 aromatic carbocycles. The van der Waals surface area contributed by atoms with Crippen molar-refractivity contribution < 1.29 is 4.79 Å². The molecule has 0 radical (unpaired) electrons. The number of nitrogens with one attached hydrogen (secondary N) is 1. The highest BCUT2D eigenvalue weighted by atomic mass is 35.5. The maximum Gasteiger partial charge on any atom is 0.255 e. The van der Waals surface area contributed by atoms with Crippen molar-refractivity contribution in [2.24, 2.45) is 0 Å². The lowest BCUT2D eigenvalue weighted by Gasteiger charge is -2.09. The molecule has 2 aromatic rings. The molecule has 0 aliphatic rings. The first-order chi connectivity index (χ1) is 8.58. The first kappa shape index (κ1) is 12.6. The lowest BCUT2D eigenvalue weighted by molar-refractivity contribution is 0.102. The Hall–Kier alpha value is -1.87. The van der Waals surface area contributed by atoms with Crippen LogP contribution in [0.25, 0.3) is 0 Å². The Bertz CT molecular complexity index is 596. The van der Waals surface area contributed by atoms with Gasteiger partial charge in [0.05, 0.1) is 0 Å². The van der Waals surface area contributed by atoms with Crippen LogP contribution in [-0.2, 0) is 0 Å². The number of pyridine rings is 1. The number of hydrogen-bond donors (Lipinski definition) is 1. The minimum Gasteiger partial charge on any atom is -0.322 e. The Kier molecular flexibility index (Phi) is 3.63. The van der Waals surface area contributed by atoms with Gasteiger partial charge in [-0.3, -0.25) is 4.79 Å². The number of nitrogens with zero attached hydrogens (tertiary/aromatic N) is 1. The van der Waals surface area contributed by atoms with Crippen molar-refractivity contribution >= 4 is 23.2 Å². The third-order valence-corrected chi connectivity index (χ3v) is 3.04. The third kappa shape index (κ3) is 2.68. The van der Waals surface area contributed by atoms with Crippen molar-refractivity contribution in [2.75, 3.05) is 5.32 Å². The molecule has 0 saturated carbocycles. The van der Waals surface area contributed by atoms with Gasteiger partial charge in [-0.15, -0.1) is 0 Å². The van der Waals surface area contributed by atoms with Crippen molar-refractivity contribution in [1.29, 1.82) is 0 Å². The van der Waals surface area contributed by atoms with Crippen LogP contribution in [0.15, 0.2) is 36.5 Å². The SMILES string of the molecule is Cc1cccc(C(=O)Nc2ccnc(Cl)c2)c1C. The number of amides is 1. The summed E-state index contributed by atoms with van der Waals surface area (Å²) in [5.74, 6) is -0.140. The summed E-state index contributed by atoms with van der Waals surface area (Å²) in [6, 6.07) is 8.98. The molecule has 0 spiro atoms. The van der Waals surface area contributed by atoms with Crippen LogP contribution >= 0.6 is 11.6 Å². The summed E-state index contributed by atoms with van der Waals surface area (Å²) in [5, 5.41) is 3.16. The van der Waals surface area contributed by atoms with E-state index in [0.29, 0.717) is 16.4 Å². The van der Waals surface area contributed by atoms with E-state index >= 15 is 0 Å². The summed E-state index contributed by atoms with van der Waals surface area (Å²) in [5.41, 5.74) is 3.38. The molecule has 1 heterocycles. The van der Waals surface area contributed by atoms with Gasteiger partial charge in [0.2, 0.25) is 0 Å². The molecule has 0 bridgehead atoms. The molecule has 0 unspecified atom stereocenters. The second kappa shape index (κ2) is 5.19. The molecule has 0 atom stereocenters. The summed E-state index contributed by atoms with van der Waals surface area (Å²) < 4.78 is 0. The summed E-state index contributed by atoms with van der Waals surface area (Å²) >= 11 is 5.77. The average molecular weight is 261 g/mol. The van der Waals surface area contributed by atoms with Crippen LogP contribution in [0.4, 0.5) is 5.69 Å². The van der Waals surface area contributed by atoms with E-state index in [1.807, 2.05) is 26.0 Å². The van der Waals surface area contributed by atoms with Crippen molar-refractivity contribution in [3.63, 3.8) is 0 Å². The lowest BCUT2D eigenvalue weighted by Crippen LogP contribution is -2.13. The van der Waals surface area contributed by atoms with Gasteiger partial charge < -0.3 is 5.32 Å². The molecule has 1 aromatic heterocycles. The van der Waals surface area contributed by atoms with Gasteiger partial charge in [-0.05, 0) is 43.2 Å². The summed E-state index contributed by atoms with van der Waals surface area (Å²) in [4.78, 5) is 16.0. The van der Waals surface area contributed by atoms with Gasteiger partial charge in [-0.1, -0.05) is 23.7 Å². The monoisotopic (exact) mass is 260 g/mol. The number of anilines is 1. The molecule has 1 amide bonds. The number of halogens is 1. The molecule has 0 fully saturated rings. The van der Waals surface area contributed by atoms with E-state index in [2.05, 4.69) is 10.3 Å². The largest absolute Gasteiger partial charge is 0.322 e. The summed E-state index contributed by atoms with van der Waals surface area (Å²) in [7, 11) is 0. The van der Waals surface area contributed by atoms with Crippen molar-refractivity contribution in [1.82, 2.24) is 4.98 Å². The smallest absolute Gasteiger partial charge is 0.255 e. The molecule has 0 aliphatic heterocycles. The molecular formula is C14H13ClN2O. The first-order valence-corrected chi connectivity index (χ1v) is 5.95. The lowest BCUT2D eigenvalue weighted by atomic mass is 10.0. The molecule has 92 valence electrons. The van der Waals surface area contributed by atoms with Crippen LogP contribution in [0, 0.1) is 13.8 Å². The van der Waals surface area contributed by atoms with Crippen LogP contribution in [-0.4, -0.2) is 10.9 Å². The molecule has 0 aliphatic carbocycles. The Labute approximate surface area is 111 Å². The number of hydrogen-bond acceptors (Lipinski definition) is 2. The van der Waals surface area contributed by atoms with Crippen LogP contribution in [0.1, 0.15) is 21.5 Å². The molecule has 18 heavy (non-hydrogen) atoms. The summed E-state index contributed by atoms with van der Waals surface area (Å²) in [6.07, 6.45) is 1.56. The molecule has 2 rings (SSSR count). The molecular weight excluding hydrogens is 248 g/mol. The van der Waals surface area contributed by atoms with E-state index in [9.17, 15) is 4.79 Å². The Morgan fingerprint density at radius 2 is 2.06 bits per heavy atom. The maximum atomic E-state index is 12.1. The van der Waals surface area contributed by atoms with Crippen LogP contribution < -0.4 is 5.32 Å². The summed E-state index contributed by atoms with van der Waals surface area (Å²) in [6.45, 7) is 3.92. The maximum absolute atomic E-state index is 12.1. The first-order valence-electron chi connectivity index (χ1n) is 5.57. The quantitative estimate of drug-likeness (QED) is 0.839. The van der Waals surface area contributed by atoms with Crippen molar-refractivity contribution in [2.45, 2.75) is 13.8 Å². The van der Waals surface area contributed by atoms with E-state index in [1.54, 1.807) is 24.4 Å². The fourth-order valence-electron chi connectivity index (χ4n) is 1.68. The minimum atomic E-state index is -0.140. The number of rotatable bonds is 2. The molecule has 3 nitrogen and oxygen atoms in total. The van der Waals surface area contributed by atoms with Gasteiger partial charge >= 0.3 is 0 Å². The van der Waals surface area contributed by atoms with E-state index in [-0.39, 0.29) is 5.91 Å². The van der Waals surface area contributed by atoms with Gasteiger partial charge in [0, 0.05) is 17.4 Å². The Morgan fingerprint density at radius 3 is 2.78 bits per heavy atom. The highest BCUT2D eigenvalue weighted by Gasteiger charge is 2.10. The van der Waals surface area contributed by atoms with Crippen molar-refractivity contribution in [3.8, 4) is 0 Å². The van der Waals surface area contributed by atoms with E-state index in [0.717, 1.165) is 11.1 Å². The van der Waals surface area contributed by atoms with Crippen LogP contribution in [0.2, 0.25) is 5.15 Å². The average Bonchev–Trinajstić information content (AvgIpc) is 2.32. The Morgan fingerprint density at radius 1 is 1.28 bits per heavy atom. The van der Waals surface area contributed by atoms with Gasteiger partial charge in [-0.25, -0.2) is 4.98 Å². The molecule has 1 N–H and O–H groups in total. The fourth-order valence-corrected chi connectivity index (χ4v) is 1.85. The van der Waals surface area contributed by atoms with E-state index < -0.39 is 0 Å².